The lowest BCUT2D eigenvalue weighted by molar-refractivity contribution is 0.0994. The van der Waals surface area contributed by atoms with Gasteiger partial charge in [0.2, 0.25) is 5.88 Å². The molecule has 1 amide bonds. The van der Waals surface area contributed by atoms with Crippen LogP contribution in [0.25, 0.3) is 0 Å². The summed E-state index contributed by atoms with van der Waals surface area (Å²) in [5.74, 6) is -0.346. The molecule has 5 nitrogen and oxygen atoms in total. The van der Waals surface area contributed by atoms with Gasteiger partial charge < -0.3 is 16.2 Å². The number of nitrogens with two attached hydrogens (primary N) is 2. The van der Waals surface area contributed by atoms with Crippen molar-refractivity contribution in [3.05, 3.63) is 40.2 Å². The second-order valence-corrected chi connectivity index (χ2v) is 4.67. The summed E-state index contributed by atoms with van der Waals surface area (Å²) < 4.78 is 5.46. The quantitative estimate of drug-likeness (QED) is 0.854. The number of anilines is 1. The van der Waals surface area contributed by atoms with Gasteiger partial charge in [-0.25, -0.2) is 4.98 Å². The summed E-state index contributed by atoms with van der Waals surface area (Å²) in [5, 5.41) is 2.01. The van der Waals surface area contributed by atoms with Crippen molar-refractivity contribution in [1.82, 2.24) is 4.98 Å². The summed E-state index contributed by atoms with van der Waals surface area (Å²) >= 11 is 1.66. The Morgan fingerprint density at radius 3 is 2.89 bits per heavy atom. The van der Waals surface area contributed by atoms with Crippen molar-refractivity contribution in [2.24, 2.45) is 5.73 Å². The normalized spacial score (nSPS) is 10.2. The number of thiophene rings is 1. The second kappa shape index (κ2) is 5.50. The number of nitrogens with zero attached hydrogens (tertiary/aromatic N) is 1. The third kappa shape index (κ3) is 2.98. The van der Waals surface area contributed by atoms with Gasteiger partial charge in [-0.15, -0.1) is 11.3 Å². The Balaban J connectivity index is 2.00. The van der Waals surface area contributed by atoms with E-state index in [9.17, 15) is 4.79 Å². The van der Waals surface area contributed by atoms with Crippen molar-refractivity contribution in [2.45, 2.75) is 6.42 Å². The van der Waals surface area contributed by atoms with Crippen molar-refractivity contribution in [2.75, 3.05) is 12.3 Å². The van der Waals surface area contributed by atoms with Crippen LogP contribution in [0.4, 0.5) is 5.69 Å². The zero-order valence-corrected chi connectivity index (χ0v) is 10.4. The van der Waals surface area contributed by atoms with E-state index < -0.39 is 5.91 Å². The number of nitrogen functional groups attached to an aromatic ring is 1. The fourth-order valence-corrected chi connectivity index (χ4v) is 2.10. The smallest absolute Gasteiger partial charge is 0.267 e. The minimum absolute atomic E-state index is 0.148. The first-order chi connectivity index (χ1) is 8.66. The summed E-state index contributed by atoms with van der Waals surface area (Å²) in [5.41, 5.74) is 11.4. The molecule has 0 fully saturated rings. The zero-order valence-electron chi connectivity index (χ0n) is 9.63. The van der Waals surface area contributed by atoms with Gasteiger partial charge in [0, 0.05) is 11.3 Å². The number of primary amides is 1. The van der Waals surface area contributed by atoms with Crippen LogP contribution >= 0.6 is 11.3 Å². The molecule has 0 unspecified atom stereocenters. The van der Waals surface area contributed by atoms with Crippen molar-refractivity contribution in [1.29, 1.82) is 0 Å². The van der Waals surface area contributed by atoms with Gasteiger partial charge in [0.05, 0.1) is 12.3 Å². The van der Waals surface area contributed by atoms with Gasteiger partial charge in [-0.1, -0.05) is 6.07 Å². The predicted molar refractivity (Wildman–Crippen MR) is 70.7 cm³/mol. The summed E-state index contributed by atoms with van der Waals surface area (Å²) in [4.78, 5) is 16.2. The maximum absolute atomic E-state index is 11.0. The van der Waals surface area contributed by atoms with E-state index in [1.54, 1.807) is 17.4 Å². The highest BCUT2D eigenvalue weighted by molar-refractivity contribution is 7.09. The molecule has 0 aliphatic rings. The van der Waals surface area contributed by atoms with Crippen molar-refractivity contribution < 1.29 is 9.53 Å². The van der Waals surface area contributed by atoms with E-state index in [0.29, 0.717) is 12.3 Å². The molecule has 94 valence electrons. The molecular formula is C12H13N3O2S. The van der Waals surface area contributed by atoms with E-state index >= 15 is 0 Å². The standard InChI is InChI=1S/C12H13N3O2S/c13-9-3-4-10(11(14)16)15-12(9)17-6-5-8-2-1-7-18-8/h1-4,7H,5-6,13H2,(H2,14,16). The predicted octanol–water partition coefficient (Wildman–Crippen LogP) is 1.45. The lowest BCUT2D eigenvalue weighted by Crippen LogP contribution is -2.14. The van der Waals surface area contributed by atoms with Crippen LogP contribution in [0.3, 0.4) is 0 Å². The molecule has 18 heavy (non-hydrogen) atoms. The number of ether oxygens (including phenoxy) is 1. The highest BCUT2D eigenvalue weighted by Gasteiger charge is 2.08. The Bertz CT molecular complexity index is 540. The first-order valence-corrected chi connectivity index (χ1v) is 6.26. The molecule has 2 heterocycles. The third-order valence-electron chi connectivity index (χ3n) is 2.31. The Hall–Kier alpha value is -2.08. The molecule has 0 aliphatic carbocycles. The highest BCUT2D eigenvalue weighted by Crippen LogP contribution is 2.19. The molecule has 0 saturated heterocycles. The highest BCUT2D eigenvalue weighted by atomic mass is 32.1. The van der Waals surface area contributed by atoms with E-state index in [0.717, 1.165) is 6.42 Å². The van der Waals surface area contributed by atoms with Gasteiger partial charge in [0.1, 0.15) is 5.69 Å². The molecule has 0 radical (unpaired) electrons. The van der Waals surface area contributed by atoms with E-state index in [2.05, 4.69) is 4.98 Å². The number of rotatable bonds is 5. The molecule has 0 saturated carbocycles. The van der Waals surface area contributed by atoms with Gasteiger partial charge in [-0.3, -0.25) is 4.79 Å². The number of pyridine rings is 1. The van der Waals surface area contributed by atoms with Crippen LogP contribution in [0, 0.1) is 0 Å². The van der Waals surface area contributed by atoms with Gasteiger partial charge in [-0.2, -0.15) is 0 Å². The Morgan fingerprint density at radius 2 is 2.22 bits per heavy atom. The number of amides is 1. The number of carbonyl (C=O) groups excluding carboxylic acids is 1. The molecule has 0 spiro atoms. The van der Waals surface area contributed by atoms with E-state index in [1.165, 1.54) is 10.9 Å². The van der Waals surface area contributed by atoms with Crippen LogP contribution in [-0.2, 0) is 6.42 Å². The van der Waals surface area contributed by atoms with Crippen LogP contribution in [0.2, 0.25) is 0 Å². The minimum atomic E-state index is -0.599. The monoisotopic (exact) mass is 263 g/mol. The molecule has 2 aromatic rings. The maximum Gasteiger partial charge on any atom is 0.267 e. The van der Waals surface area contributed by atoms with Crippen molar-refractivity contribution >= 4 is 22.9 Å². The van der Waals surface area contributed by atoms with E-state index in [-0.39, 0.29) is 11.6 Å². The molecular weight excluding hydrogens is 250 g/mol. The van der Waals surface area contributed by atoms with Crippen LogP contribution in [0.15, 0.2) is 29.6 Å². The summed E-state index contributed by atoms with van der Waals surface area (Å²) in [6.07, 6.45) is 0.777. The fraction of sp³-hybridized carbons (Fsp3) is 0.167. The average molecular weight is 263 g/mol. The Kier molecular flexibility index (Phi) is 3.78. The molecule has 4 N–H and O–H groups in total. The number of aromatic nitrogens is 1. The molecule has 0 atom stereocenters. The van der Waals surface area contributed by atoms with E-state index in [1.807, 2.05) is 17.5 Å². The van der Waals surface area contributed by atoms with Gasteiger partial charge >= 0.3 is 0 Å². The third-order valence-corrected chi connectivity index (χ3v) is 3.25. The second-order valence-electron chi connectivity index (χ2n) is 3.63. The largest absolute Gasteiger partial charge is 0.476 e. The van der Waals surface area contributed by atoms with Gasteiger partial charge in [0.15, 0.2) is 0 Å². The minimum Gasteiger partial charge on any atom is -0.476 e. The first kappa shape index (κ1) is 12.4. The molecule has 2 aromatic heterocycles. The Labute approximate surface area is 108 Å². The summed E-state index contributed by atoms with van der Waals surface area (Å²) in [6.45, 7) is 0.458. The van der Waals surface area contributed by atoms with Gasteiger partial charge in [0.25, 0.3) is 5.91 Å². The number of hydrogen-bond acceptors (Lipinski definition) is 5. The van der Waals surface area contributed by atoms with E-state index in [4.69, 9.17) is 16.2 Å². The maximum atomic E-state index is 11.0. The molecule has 6 heteroatoms. The van der Waals surface area contributed by atoms with Crippen molar-refractivity contribution in [3.63, 3.8) is 0 Å². The fourth-order valence-electron chi connectivity index (χ4n) is 1.41. The molecule has 2 rings (SSSR count). The SMILES string of the molecule is NC(=O)c1ccc(N)c(OCCc2cccs2)n1. The van der Waals surface area contributed by atoms with Crippen LogP contribution in [0.5, 0.6) is 5.88 Å². The lowest BCUT2D eigenvalue weighted by Gasteiger charge is -2.07. The topological polar surface area (TPSA) is 91.2 Å². The molecule has 0 aliphatic heterocycles. The lowest BCUT2D eigenvalue weighted by atomic mass is 10.3. The summed E-state index contributed by atoms with van der Waals surface area (Å²) in [6, 6.07) is 7.06. The molecule has 0 aromatic carbocycles. The zero-order chi connectivity index (χ0) is 13.0. The molecule has 0 bridgehead atoms. The number of carbonyl (C=O) groups is 1. The first-order valence-electron chi connectivity index (χ1n) is 5.38. The van der Waals surface area contributed by atoms with Crippen LogP contribution in [0.1, 0.15) is 15.4 Å². The average Bonchev–Trinajstić information content (AvgIpc) is 2.84. The van der Waals surface area contributed by atoms with Crippen LogP contribution < -0.4 is 16.2 Å². The summed E-state index contributed by atoms with van der Waals surface area (Å²) in [7, 11) is 0. The van der Waals surface area contributed by atoms with Crippen LogP contribution in [-0.4, -0.2) is 17.5 Å². The Morgan fingerprint density at radius 1 is 1.39 bits per heavy atom. The van der Waals surface area contributed by atoms with Crippen molar-refractivity contribution in [3.8, 4) is 5.88 Å². The van der Waals surface area contributed by atoms with Gasteiger partial charge in [-0.05, 0) is 23.6 Å². The number of hydrogen-bond donors (Lipinski definition) is 2.